The van der Waals surface area contributed by atoms with E-state index in [1.54, 1.807) is 6.07 Å². The highest BCUT2D eigenvalue weighted by molar-refractivity contribution is 7.18. The lowest BCUT2D eigenvalue weighted by molar-refractivity contribution is 0.0691. The van der Waals surface area contributed by atoms with Gasteiger partial charge in [-0.25, -0.2) is 9.78 Å². The molecule has 4 nitrogen and oxygen atoms in total. The zero-order valence-electron chi connectivity index (χ0n) is 9.38. The fourth-order valence-corrected chi connectivity index (χ4v) is 2.81. The second kappa shape index (κ2) is 4.27. The molecule has 0 saturated carbocycles. The van der Waals surface area contributed by atoms with E-state index in [0.717, 1.165) is 21.8 Å². The van der Waals surface area contributed by atoms with Gasteiger partial charge in [0.25, 0.3) is 0 Å². The van der Waals surface area contributed by atoms with Crippen LogP contribution in [0.15, 0.2) is 36.4 Å². The molecule has 2 heterocycles. The van der Waals surface area contributed by atoms with Crippen molar-refractivity contribution in [2.24, 2.45) is 0 Å². The first-order chi connectivity index (χ1) is 8.72. The number of carboxylic acids is 1. The monoisotopic (exact) mass is 258 g/mol. The third-order valence-electron chi connectivity index (χ3n) is 2.66. The molecule has 0 aliphatic rings. The fraction of sp³-hybridized carbons (Fsp3) is 0.0769. The number of nitrogens with zero attached hydrogens (tertiary/aromatic N) is 1. The number of carbonyl (C=O) groups is 1. The Labute approximate surface area is 107 Å². The Morgan fingerprint density at radius 2 is 2.11 bits per heavy atom. The highest BCUT2D eigenvalue weighted by Gasteiger charge is 2.11. The van der Waals surface area contributed by atoms with Gasteiger partial charge < -0.3 is 10.1 Å². The first-order valence-electron chi connectivity index (χ1n) is 5.48. The van der Waals surface area contributed by atoms with Crippen LogP contribution in [0.3, 0.4) is 0 Å². The van der Waals surface area contributed by atoms with Gasteiger partial charge in [0.2, 0.25) is 0 Å². The predicted octanol–water partition coefficient (Wildman–Crippen LogP) is 2.91. The summed E-state index contributed by atoms with van der Waals surface area (Å²) >= 11 is 1.50. The van der Waals surface area contributed by atoms with Crippen LogP contribution in [0.25, 0.3) is 10.3 Å². The predicted molar refractivity (Wildman–Crippen MR) is 70.2 cm³/mol. The molecule has 18 heavy (non-hydrogen) atoms. The Morgan fingerprint density at radius 1 is 1.33 bits per heavy atom. The number of hydrogen-bond acceptors (Lipinski definition) is 3. The van der Waals surface area contributed by atoms with E-state index in [-0.39, 0.29) is 5.69 Å². The Bertz CT molecular complexity index is 669. The highest BCUT2D eigenvalue weighted by Crippen LogP contribution is 2.24. The molecular weight excluding hydrogens is 248 g/mol. The molecule has 0 unspecified atom stereocenters. The minimum Gasteiger partial charge on any atom is -0.477 e. The van der Waals surface area contributed by atoms with Crippen LogP contribution in [-0.4, -0.2) is 21.0 Å². The lowest BCUT2D eigenvalue weighted by Gasteiger charge is -1.95. The summed E-state index contributed by atoms with van der Waals surface area (Å²) in [7, 11) is 0. The van der Waals surface area contributed by atoms with E-state index in [0.29, 0.717) is 0 Å². The lowest BCUT2D eigenvalue weighted by atomic mass is 10.2. The zero-order chi connectivity index (χ0) is 12.5. The first kappa shape index (κ1) is 11.0. The number of aromatic nitrogens is 2. The van der Waals surface area contributed by atoms with E-state index >= 15 is 0 Å². The fourth-order valence-electron chi connectivity index (χ4n) is 1.82. The van der Waals surface area contributed by atoms with Crippen molar-refractivity contribution in [3.63, 3.8) is 0 Å². The number of nitrogens with one attached hydrogen (secondary N) is 1. The van der Waals surface area contributed by atoms with Gasteiger partial charge in [-0.2, -0.15) is 0 Å². The van der Waals surface area contributed by atoms with Gasteiger partial charge in [0.1, 0.15) is 16.0 Å². The molecule has 2 aromatic heterocycles. The van der Waals surface area contributed by atoms with Crippen molar-refractivity contribution >= 4 is 27.7 Å². The first-order valence-corrected chi connectivity index (χ1v) is 6.29. The number of H-pyrrole nitrogens is 1. The van der Waals surface area contributed by atoms with Gasteiger partial charge in [0.15, 0.2) is 0 Å². The van der Waals surface area contributed by atoms with E-state index < -0.39 is 5.97 Å². The number of hydrogen-bond donors (Lipinski definition) is 2. The Balaban J connectivity index is 1.90. The van der Waals surface area contributed by atoms with E-state index in [9.17, 15) is 4.79 Å². The maximum absolute atomic E-state index is 10.8. The average molecular weight is 258 g/mol. The molecule has 3 rings (SSSR count). The van der Waals surface area contributed by atoms with Crippen molar-refractivity contribution < 1.29 is 9.90 Å². The maximum atomic E-state index is 10.8. The lowest BCUT2D eigenvalue weighted by Crippen LogP contribution is -1.95. The molecule has 0 amide bonds. The molecule has 90 valence electrons. The average Bonchev–Trinajstić information content (AvgIpc) is 2.88. The molecule has 0 spiro atoms. The third kappa shape index (κ3) is 2.00. The second-order valence-corrected chi connectivity index (χ2v) is 5.06. The van der Waals surface area contributed by atoms with E-state index in [4.69, 9.17) is 5.11 Å². The number of aromatic carboxylic acids is 1. The quantitative estimate of drug-likeness (QED) is 0.759. The topological polar surface area (TPSA) is 66.0 Å². The smallest absolute Gasteiger partial charge is 0.352 e. The maximum Gasteiger partial charge on any atom is 0.352 e. The number of rotatable bonds is 3. The van der Waals surface area contributed by atoms with E-state index in [1.807, 2.05) is 18.2 Å². The normalized spacial score (nSPS) is 10.9. The number of carboxylic acid groups (broad SMARTS) is 1. The van der Waals surface area contributed by atoms with E-state index in [1.165, 1.54) is 16.9 Å². The van der Waals surface area contributed by atoms with Crippen LogP contribution in [0, 0.1) is 0 Å². The summed E-state index contributed by atoms with van der Waals surface area (Å²) in [4.78, 5) is 18.9. The van der Waals surface area contributed by atoms with Crippen molar-refractivity contribution in [2.75, 3.05) is 0 Å². The number of thiazole rings is 1. The summed E-state index contributed by atoms with van der Waals surface area (Å²) in [5.41, 5.74) is 2.12. The molecule has 1 aromatic carbocycles. The molecule has 0 bridgehead atoms. The Hall–Kier alpha value is -2.14. The van der Waals surface area contributed by atoms with Gasteiger partial charge in [0, 0.05) is 6.42 Å². The standard InChI is InChI=1S/C13H10N2O2S/c16-13(17)10-7-9-12(15-10)18-11(14-9)6-8-4-2-1-3-5-8/h1-5,7,15H,6H2,(H,16,17). The van der Waals surface area contributed by atoms with Crippen LogP contribution in [0.4, 0.5) is 0 Å². The molecule has 3 aromatic rings. The summed E-state index contributed by atoms with van der Waals surface area (Å²) in [6.45, 7) is 0. The van der Waals surface area contributed by atoms with Gasteiger partial charge in [-0.3, -0.25) is 0 Å². The summed E-state index contributed by atoms with van der Waals surface area (Å²) in [5.74, 6) is -0.954. The Morgan fingerprint density at radius 3 is 2.78 bits per heavy atom. The summed E-state index contributed by atoms with van der Waals surface area (Å²) in [6.07, 6.45) is 0.774. The molecule has 0 atom stereocenters. The van der Waals surface area contributed by atoms with Crippen LogP contribution in [0.5, 0.6) is 0 Å². The summed E-state index contributed by atoms with van der Waals surface area (Å²) in [5, 5.41) is 9.84. The van der Waals surface area contributed by atoms with Crippen molar-refractivity contribution in [3.8, 4) is 0 Å². The SMILES string of the molecule is O=C(O)c1cc2nc(Cc3ccccc3)sc2[nH]1. The van der Waals surface area contributed by atoms with Crippen molar-refractivity contribution in [1.82, 2.24) is 9.97 Å². The molecule has 5 heteroatoms. The van der Waals surface area contributed by atoms with Gasteiger partial charge >= 0.3 is 5.97 Å². The largest absolute Gasteiger partial charge is 0.477 e. The zero-order valence-corrected chi connectivity index (χ0v) is 10.2. The van der Waals surface area contributed by atoms with Crippen LogP contribution in [0.1, 0.15) is 21.1 Å². The number of aromatic amines is 1. The molecule has 0 fully saturated rings. The van der Waals surface area contributed by atoms with Gasteiger partial charge in [-0.15, -0.1) is 11.3 Å². The van der Waals surface area contributed by atoms with Gasteiger partial charge in [-0.05, 0) is 11.6 Å². The molecule has 0 aliphatic carbocycles. The molecular formula is C13H10N2O2S. The van der Waals surface area contributed by atoms with Crippen LogP contribution in [-0.2, 0) is 6.42 Å². The van der Waals surface area contributed by atoms with Crippen molar-refractivity contribution in [3.05, 3.63) is 52.7 Å². The molecule has 0 saturated heterocycles. The summed E-state index contributed by atoms with van der Waals surface area (Å²) < 4.78 is 0. The van der Waals surface area contributed by atoms with Crippen LogP contribution >= 0.6 is 11.3 Å². The van der Waals surface area contributed by atoms with E-state index in [2.05, 4.69) is 22.1 Å². The molecule has 0 aliphatic heterocycles. The number of benzene rings is 1. The van der Waals surface area contributed by atoms with Crippen molar-refractivity contribution in [1.29, 1.82) is 0 Å². The van der Waals surface area contributed by atoms with Gasteiger partial charge in [0.05, 0.1) is 5.01 Å². The molecule has 0 radical (unpaired) electrons. The highest BCUT2D eigenvalue weighted by atomic mass is 32.1. The molecule has 2 N–H and O–H groups in total. The summed E-state index contributed by atoms with van der Waals surface area (Å²) in [6, 6.07) is 11.7. The van der Waals surface area contributed by atoms with Crippen molar-refractivity contribution in [2.45, 2.75) is 6.42 Å². The van der Waals surface area contributed by atoms with Crippen LogP contribution < -0.4 is 0 Å². The Kier molecular flexibility index (Phi) is 2.60. The number of fused-ring (bicyclic) bond motifs is 1. The second-order valence-electron chi connectivity index (χ2n) is 3.97. The van der Waals surface area contributed by atoms with Gasteiger partial charge in [-0.1, -0.05) is 30.3 Å². The minimum absolute atomic E-state index is 0.190. The van der Waals surface area contributed by atoms with Crippen LogP contribution in [0.2, 0.25) is 0 Å². The third-order valence-corrected chi connectivity index (χ3v) is 3.64. The minimum atomic E-state index is -0.954.